The Morgan fingerprint density at radius 2 is 1.26 bits per heavy atom. The third-order valence-electron chi connectivity index (χ3n) is 7.19. The molecule has 0 aromatic heterocycles. The number of hydrogen-bond donors (Lipinski definition) is 2. The fourth-order valence-corrected chi connectivity index (χ4v) is 6.08. The van der Waals surface area contributed by atoms with Crippen LogP contribution in [0.15, 0.2) is 120 Å². The second-order valence-corrected chi connectivity index (χ2v) is 12.7. The Morgan fingerprint density at radius 1 is 0.698 bits per heavy atom. The number of alkyl carbamates (subject to hydrolysis) is 1. The maximum absolute atomic E-state index is 13.7. The monoisotopic (exact) mass is 598 g/mol. The van der Waals surface area contributed by atoms with Crippen molar-refractivity contribution in [3.05, 3.63) is 138 Å². The zero-order valence-electron chi connectivity index (χ0n) is 24.3. The standard InChI is InChI=1S/C35H38N2O5S/c1-27-17-21-32(22-18-27)43(40,41)24-23-31(20-19-28-11-5-2-6-12-28)36-34(38)33(25-29-13-7-3-8-14-29)37-35(39)42-26-30-15-9-4-10-16-30/h2-18,21-22,31,33H,19-20,23-26H2,1H3,(H,36,38)(H,37,39)/t31?,33-/m0/s1. The summed E-state index contributed by atoms with van der Waals surface area (Å²) in [5.41, 5.74) is 3.77. The topological polar surface area (TPSA) is 102 Å². The summed E-state index contributed by atoms with van der Waals surface area (Å²) in [6, 6.07) is 34.0. The zero-order valence-corrected chi connectivity index (χ0v) is 25.1. The first-order valence-electron chi connectivity index (χ1n) is 14.4. The van der Waals surface area contributed by atoms with Gasteiger partial charge in [-0.3, -0.25) is 4.79 Å². The molecule has 0 spiro atoms. The van der Waals surface area contributed by atoms with E-state index in [0.29, 0.717) is 12.8 Å². The minimum atomic E-state index is -3.55. The van der Waals surface area contributed by atoms with Crippen LogP contribution in [-0.4, -0.2) is 38.3 Å². The van der Waals surface area contributed by atoms with Gasteiger partial charge < -0.3 is 15.4 Å². The van der Waals surface area contributed by atoms with E-state index < -0.39 is 33.9 Å². The van der Waals surface area contributed by atoms with E-state index in [9.17, 15) is 18.0 Å². The molecule has 8 heteroatoms. The molecule has 0 radical (unpaired) electrons. The van der Waals surface area contributed by atoms with Crippen molar-refractivity contribution in [2.75, 3.05) is 5.75 Å². The van der Waals surface area contributed by atoms with Gasteiger partial charge in [0.2, 0.25) is 5.91 Å². The van der Waals surface area contributed by atoms with Crippen LogP contribution < -0.4 is 10.6 Å². The smallest absolute Gasteiger partial charge is 0.408 e. The molecular formula is C35H38N2O5S. The van der Waals surface area contributed by atoms with Crippen molar-refractivity contribution < 1.29 is 22.7 Å². The first-order chi connectivity index (χ1) is 20.8. The molecule has 1 unspecified atom stereocenters. The average molecular weight is 599 g/mol. The van der Waals surface area contributed by atoms with E-state index in [0.717, 1.165) is 22.3 Å². The highest BCUT2D eigenvalue weighted by molar-refractivity contribution is 7.91. The largest absolute Gasteiger partial charge is 0.445 e. The lowest BCUT2D eigenvalue weighted by Crippen LogP contribution is -2.51. The van der Waals surface area contributed by atoms with Crippen LogP contribution in [0.4, 0.5) is 4.79 Å². The number of aryl methyl sites for hydroxylation is 2. The predicted molar refractivity (Wildman–Crippen MR) is 168 cm³/mol. The molecule has 4 aromatic rings. The van der Waals surface area contributed by atoms with E-state index >= 15 is 0 Å². The van der Waals surface area contributed by atoms with Crippen LogP contribution in [0.3, 0.4) is 0 Å². The number of carbonyl (C=O) groups is 2. The van der Waals surface area contributed by atoms with E-state index in [4.69, 9.17) is 4.74 Å². The van der Waals surface area contributed by atoms with E-state index in [1.807, 2.05) is 97.9 Å². The van der Waals surface area contributed by atoms with Gasteiger partial charge in [0, 0.05) is 12.5 Å². The van der Waals surface area contributed by atoms with E-state index in [2.05, 4.69) is 10.6 Å². The maximum atomic E-state index is 13.7. The third-order valence-corrected chi connectivity index (χ3v) is 8.95. The number of ether oxygens (including phenoxy) is 1. The fraction of sp³-hybridized carbons (Fsp3) is 0.257. The minimum Gasteiger partial charge on any atom is -0.445 e. The first kappa shape index (κ1) is 31.5. The normalized spacial score (nSPS) is 12.6. The number of carbonyl (C=O) groups excluding carboxylic acids is 2. The van der Waals surface area contributed by atoms with Gasteiger partial charge in [-0.25, -0.2) is 13.2 Å². The van der Waals surface area contributed by atoms with Crippen molar-refractivity contribution in [1.29, 1.82) is 0 Å². The van der Waals surface area contributed by atoms with Gasteiger partial charge in [0.25, 0.3) is 0 Å². The van der Waals surface area contributed by atoms with Crippen LogP contribution in [0.5, 0.6) is 0 Å². The van der Waals surface area contributed by atoms with Crippen LogP contribution >= 0.6 is 0 Å². The van der Waals surface area contributed by atoms with Crippen LogP contribution in [0, 0.1) is 6.92 Å². The number of amides is 2. The van der Waals surface area contributed by atoms with Gasteiger partial charge in [-0.2, -0.15) is 0 Å². The molecule has 0 bridgehead atoms. The summed E-state index contributed by atoms with van der Waals surface area (Å²) in [6.45, 7) is 1.98. The van der Waals surface area contributed by atoms with Gasteiger partial charge >= 0.3 is 6.09 Å². The van der Waals surface area contributed by atoms with Crippen molar-refractivity contribution in [3.63, 3.8) is 0 Å². The highest BCUT2D eigenvalue weighted by Crippen LogP contribution is 2.16. The van der Waals surface area contributed by atoms with Crippen LogP contribution in [-0.2, 0) is 38.8 Å². The van der Waals surface area contributed by atoms with Gasteiger partial charge in [0.15, 0.2) is 9.84 Å². The number of sulfone groups is 1. The predicted octanol–water partition coefficient (Wildman–Crippen LogP) is 5.81. The lowest BCUT2D eigenvalue weighted by molar-refractivity contribution is -0.123. The molecule has 2 N–H and O–H groups in total. The van der Waals surface area contributed by atoms with Gasteiger partial charge in [-0.15, -0.1) is 0 Å². The summed E-state index contributed by atoms with van der Waals surface area (Å²) < 4.78 is 31.7. The Morgan fingerprint density at radius 3 is 1.86 bits per heavy atom. The molecule has 0 aliphatic heterocycles. The quantitative estimate of drug-likeness (QED) is 0.191. The Labute approximate surface area is 254 Å². The molecule has 0 fully saturated rings. The van der Waals surface area contributed by atoms with Crippen molar-refractivity contribution in [2.24, 2.45) is 0 Å². The summed E-state index contributed by atoms with van der Waals surface area (Å²) in [5.74, 6) is -0.516. The van der Waals surface area contributed by atoms with Crippen molar-refractivity contribution >= 4 is 21.8 Å². The first-order valence-corrected chi connectivity index (χ1v) is 16.1. The summed E-state index contributed by atoms with van der Waals surface area (Å²) in [6.07, 6.45) is 0.968. The lowest BCUT2D eigenvalue weighted by atomic mass is 10.0. The average Bonchev–Trinajstić information content (AvgIpc) is 3.02. The second-order valence-electron chi connectivity index (χ2n) is 10.6. The Balaban J connectivity index is 1.47. The molecule has 43 heavy (non-hydrogen) atoms. The zero-order chi connectivity index (χ0) is 30.5. The highest BCUT2D eigenvalue weighted by Gasteiger charge is 2.26. The molecule has 2 atom stereocenters. The Kier molecular flexibility index (Phi) is 11.5. The minimum absolute atomic E-state index is 0.0723. The Hall–Kier alpha value is -4.43. The molecule has 224 valence electrons. The molecule has 0 saturated heterocycles. The van der Waals surface area contributed by atoms with Crippen LogP contribution in [0.25, 0.3) is 0 Å². The molecule has 0 aliphatic rings. The number of rotatable bonds is 14. The Bertz CT molecular complexity index is 1540. The lowest BCUT2D eigenvalue weighted by Gasteiger charge is -2.24. The second kappa shape index (κ2) is 15.7. The number of nitrogens with one attached hydrogen (secondary N) is 2. The van der Waals surface area contributed by atoms with E-state index in [1.165, 1.54) is 0 Å². The highest BCUT2D eigenvalue weighted by atomic mass is 32.2. The summed E-state index contributed by atoms with van der Waals surface area (Å²) in [7, 11) is -3.55. The summed E-state index contributed by atoms with van der Waals surface area (Å²) >= 11 is 0. The van der Waals surface area contributed by atoms with E-state index in [-0.39, 0.29) is 30.1 Å². The maximum Gasteiger partial charge on any atom is 0.408 e. The van der Waals surface area contributed by atoms with Gasteiger partial charge in [0.05, 0.1) is 10.6 Å². The molecule has 4 aromatic carbocycles. The molecule has 7 nitrogen and oxygen atoms in total. The molecule has 0 aliphatic carbocycles. The van der Waals surface area contributed by atoms with Gasteiger partial charge in [0.1, 0.15) is 12.6 Å². The number of benzene rings is 4. The number of hydrogen-bond acceptors (Lipinski definition) is 5. The van der Waals surface area contributed by atoms with Crippen LogP contribution in [0.2, 0.25) is 0 Å². The van der Waals surface area contributed by atoms with Crippen molar-refractivity contribution in [3.8, 4) is 0 Å². The molecule has 4 rings (SSSR count). The molecular weight excluding hydrogens is 560 g/mol. The van der Waals surface area contributed by atoms with Gasteiger partial charge in [-0.05, 0) is 55.0 Å². The van der Waals surface area contributed by atoms with E-state index in [1.54, 1.807) is 24.3 Å². The summed E-state index contributed by atoms with van der Waals surface area (Å²) in [5, 5.41) is 5.77. The van der Waals surface area contributed by atoms with Gasteiger partial charge in [-0.1, -0.05) is 109 Å². The molecule has 0 saturated carbocycles. The fourth-order valence-electron chi connectivity index (χ4n) is 4.70. The van der Waals surface area contributed by atoms with Crippen molar-refractivity contribution in [1.82, 2.24) is 10.6 Å². The molecule has 0 heterocycles. The van der Waals surface area contributed by atoms with Crippen molar-refractivity contribution in [2.45, 2.75) is 56.2 Å². The SMILES string of the molecule is Cc1ccc(S(=O)(=O)CCC(CCc2ccccc2)NC(=O)[C@H](Cc2ccccc2)NC(=O)OCc2ccccc2)cc1. The van der Waals surface area contributed by atoms with Crippen LogP contribution in [0.1, 0.15) is 35.1 Å². The summed E-state index contributed by atoms with van der Waals surface area (Å²) in [4.78, 5) is 26.7. The third kappa shape index (κ3) is 10.4. The molecule has 2 amide bonds.